The molecule has 0 atom stereocenters. The van der Waals surface area contributed by atoms with E-state index in [0.29, 0.717) is 11.6 Å². The number of benzene rings is 3. The lowest BCUT2D eigenvalue weighted by atomic mass is 10.1. The second-order valence-electron chi connectivity index (χ2n) is 6.24. The highest BCUT2D eigenvalue weighted by Gasteiger charge is 2.10. The van der Waals surface area contributed by atoms with E-state index in [1.807, 2.05) is 42.6 Å². The van der Waals surface area contributed by atoms with E-state index in [2.05, 4.69) is 68.9 Å². The number of ether oxygens (including phenoxy) is 1. The van der Waals surface area contributed by atoms with Gasteiger partial charge in [0.05, 0.1) is 14.6 Å². The molecule has 0 amide bonds. The molecule has 0 radical (unpaired) electrons. The summed E-state index contributed by atoms with van der Waals surface area (Å²) in [5.41, 5.74) is 5.23. The first-order chi connectivity index (χ1) is 12.9. The molecule has 138 valence electrons. The third-order valence-corrected chi connectivity index (χ3v) is 5.61. The molecule has 0 unspecified atom stereocenters. The average molecular weight is 508 g/mol. The zero-order valence-corrected chi connectivity index (χ0v) is 18.9. The Hall–Kier alpha value is -1.62. The number of hydrogen-bond donors (Lipinski definition) is 0. The molecule has 3 aromatic rings. The van der Waals surface area contributed by atoms with Crippen LogP contribution in [0.2, 0.25) is 5.02 Å². The highest BCUT2D eigenvalue weighted by molar-refractivity contribution is 9.11. The smallest absolute Gasteiger partial charge is 0.148 e. The average Bonchev–Trinajstić information content (AvgIpc) is 2.63. The number of aliphatic imine (C=N–C) groups is 1. The van der Waals surface area contributed by atoms with Crippen LogP contribution in [0.25, 0.3) is 0 Å². The van der Waals surface area contributed by atoms with Crippen LogP contribution < -0.4 is 4.74 Å². The van der Waals surface area contributed by atoms with Gasteiger partial charge >= 0.3 is 0 Å². The van der Waals surface area contributed by atoms with Gasteiger partial charge in [-0.3, -0.25) is 4.99 Å². The molecule has 0 saturated carbocycles. The van der Waals surface area contributed by atoms with Gasteiger partial charge in [-0.15, -0.1) is 0 Å². The first kappa shape index (κ1) is 20.1. The Kier molecular flexibility index (Phi) is 6.74. The SMILES string of the molecule is Cc1ccc(C)c(N=Cc2cc(Br)c(OCc3ccccc3Cl)c(Br)c2)c1. The van der Waals surface area contributed by atoms with E-state index in [-0.39, 0.29) is 0 Å². The molecule has 0 aromatic heterocycles. The number of nitrogens with zero attached hydrogens (tertiary/aromatic N) is 1. The summed E-state index contributed by atoms with van der Waals surface area (Å²) in [6, 6.07) is 17.9. The van der Waals surface area contributed by atoms with E-state index < -0.39 is 0 Å². The lowest BCUT2D eigenvalue weighted by Crippen LogP contribution is -1.98. The van der Waals surface area contributed by atoms with E-state index in [4.69, 9.17) is 16.3 Å². The fraction of sp³-hybridized carbons (Fsp3) is 0.136. The molecule has 3 rings (SSSR count). The monoisotopic (exact) mass is 505 g/mol. The van der Waals surface area contributed by atoms with Crippen molar-refractivity contribution < 1.29 is 4.74 Å². The molecule has 0 aliphatic rings. The zero-order valence-electron chi connectivity index (χ0n) is 15.0. The highest BCUT2D eigenvalue weighted by atomic mass is 79.9. The van der Waals surface area contributed by atoms with Crippen molar-refractivity contribution in [3.63, 3.8) is 0 Å². The van der Waals surface area contributed by atoms with Gasteiger partial charge in [0.25, 0.3) is 0 Å². The predicted octanol–water partition coefficient (Wildman–Crippen LogP) is 7.81. The van der Waals surface area contributed by atoms with Gasteiger partial charge < -0.3 is 4.74 Å². The Morgan fingerprint density at radius 2 is 1.70 bits per heavy atom. The Morgan fingerprint density at radius 1 is 1.00 bits per heavy atom. The maximum atomic E-state index is 6.20. The Morgan fingerprint density at radius 3 is 2.41 bits per heavy atom. The van der Waals surface area contributed by atoms with Crippen molar-refractivity contribution in [2.75, 3.05) is 0 Å². The summed E-state index contributed by atoms with van der Waals surface area (Å²) in [6.45, 7) is 4.52. The van der Waals surface area contributed by atoms with Gasteiger partial charge in [-0.1, -0.05) is 41.9 Å². The molecule has 0 aliphatic heterocycles. The molecule has 0 bridgehead atoms. The van der Waals surface area contributed by atoms with Crippen molar-refractivity contribution in [2.45, 2.75) is 20.5 Å². The first-order valence-corrected chi connectivity index (χ1v) is 10.4. The predicted molar refractivity (Wildman–Crippen MR) is 121 cm³/mol. The normalized spacial score (nSPS) is 11.1. The molecule has 5 heteroatoms. The summed E-state index contributed by atoms with van der Waals surface area (Å²) >= 11 is 13.4. The lowest BCUT2D eigenvalue weighted by Gasteiger charge is -2.12. The number of rotatable bonds is 5. The topological polar surface area (TPSA) is 21.6 Å². The van der Waals surface area contributed by atoms with E-state index >= 15 is 0 Å². The Labute approximate surface area is 181 Å². The van der Waals surface area contributed by atoms with Crippen LogP contribution in [0.5, 0.6) is 5.75 Å². The van der Waals surface area contributed by atoms with Crippen LogP contribution in [0, 0.1) is 13.8 Å². The van der Waals surface area contributed by atoms with E-state index in [1.165, 1.54) is 5.56 Å². The van der Waals surface area contributed by atoms with Crippen LogP contribution in [-0.2, 0) is 6.61 Å². The van der Waals surface area contributed by atoms with Crippen molar-refractivity contribution in [3.8, 4) is 5.75 Å². The van der Waals surface area contributed by atoms with Crippen LogP contribution in [-0.4, -0.2) is 6.21 Å². The molecule has 3 aromatic carbocycles. The van der Waals surface area contributed by atoms with Crippen LogP contribution in [0.4, 0.5) is 5.69 Å². The standard InChI is InChI=1S/C22H18Br2ClNO/c1-14-7-8-15(2)21(9-14)26-12-16-10-18(23)22(19(24)11-16)27-13-17-5-3-4-6-20(17)25/h3-12H,13H2,1-2H3. The van der Waals surface area contributed by atoms with E-state index in [0.717, 1.165) is 37.1 Å². The fourth-order valence-corrected chi connectivity index (χ4v) is 4.20. The second kappa shape index (κ2) is 9.05. The molecule has 0 spiro atoms. The summed E-state index contributed by atoms with van der Waals surface area (Å²) < 4.78 is 7.67. The second-order valence-corrected chi connectivity index (χ2v) is 8.36. The molecule has 0 heterocycles. The maximum Gasteiger partial charge on any atom is 0.148 e. The molecule has 0 aliphatic carbocycles. The van der Waals surface area contributed by atoms with E-state index in [1.54, 1.807) is 0 Å². The van der Waals surface area contributed by atoms with Crippen LogP contribution in [0.3, 0.4) is 0 Å². The van der Waals surface area contributed by atoms with Gasteiger partial charge in [0.15, 0.2) is 0 Å². The van der Waals surface area contributed by atoms with Gasteiger partial charge in [0.2, 0.25) is 0 Å². The third-order valence-electron chi connectivity index (χ3n) is 4.07. The first-order valence-electron chi connectivity index (χ1n) is 8.40. The van der Waals surface area contributed by atoms with Crippen LogP contribution in [0.1, 0.15) is 22.3 Å². The molecule has 2 nitrogen and oxygen atoms in total. The van der Waals surface area contributed by atoms with Crippen molar-refractivity contribution in [2.24, 2.45) is 4.99 Å². The number of hydrogen-bond acceptors (Lipinski definition) is 2. The quantitative estimate of drug-likeness (QED) is 0.323. The van der Waals surface area contributed by atoms with Gasteiger partial charge in [0.1, 0.15) is 12.4 Å². The molecule has 0 saturated heterocycles. The number of aryl methyl sites for hydroxylation is 2. The summed E-state index contributed by atoms with van der Waals surface area (Å²) in [7, 11) is 0. The lowest BCUT2D eigenvalue weighted by molar-refractivity contribution is 0.302. The summed E-state index contributed by atoms with van der Waals surface area (Å²) in [4.78, 5) is 4.63. The van der Waals surface area contributed by atoms with Crippen molar-refractivity contribution in [3.05, 3.63) is 90.8 Å². The molecule has 0 fully saturated rings. The van der Waals surface area contributed by atoms with Crippen molar-refractivity contribution in [1.82, 2.24) is 0 Å². The van der Waals surface area contributed by atoms with Crippen LogP contribution in [0.15, 0.2) is 68.5 Å². The van der Waals surface area contributed by atoms with Gasteiger partial charge in [0, 0.05) is 16.8 Å². The van der Waals surface area contributed by atoms with E-state index in [9.17, 15) is 0 Å². The van der Waals surface area contributed by atoms with Crippen molar-refractivity contribution in [1.29, 1.82) is 0 Å². The molecular formula is C22H18Br2ClNO. The Bertz CT molecular complexity index is 978. The van der Waals surface area contributed by atoms with Gasteiger partial charge in [-0.05, 0) is 86.7 Å². The largest absolute Gasteiger partial charge is 0.486 e. The Balaban J connectivity index is 1.79. The van der Waals surface area contributed by atoms with Gasteiger partial charge in [-0.25, -0.2) is 0 Å². The molecular weight excluding hydrogens is 490 g/mol. The highest BCUT2D eigenvalue weighted by Crippen LogP contribution is 2.35. The van der Waals surface area contributed by atoms with Gasteiger partial charge in [-0.2, -0.15) is 0 Å². The third kappa shape index (κ3) is 5.22. The molecule has 27 heavy (non-hydrogen) atoms. The summed E-state index contributed by atoms with van der Waals surface area (Å²) in [5, 5.41) is 0.696. The van der Waals surface area contributed by atoms with Crippen molar-refractivity contribution >= 4 is 55.4 Å². The zero-order chi connectivity index (χ0) is 19.4. The minimum absolute atomic E-state index is 0.396. The van der Waals surface area contributed by atoms with Crippen LogP contribution >= 0.6 is 43.5 Å². The minimum Gasteiger partial charge on any atom is -0.486 e. The fourth-order valence-electron chi connectivity index (χ4n) is 2.56. The number of halogens is 3. The maximum absolute atomic E-state index is 6.20. The minimum atomic E-state index is 0.396. The molecule has 0 N–H and O–H groups in total. The summed E-state index contributed by atoms with van der Waals surface area (Å²) in [5.74, 6) is 0.735. The summed E-state index contributed by atoms with van der Waals surface area (Å²) in [6.07, 6.45) is 1.86.